The van der Waals surface area contributed by atoms with Crippen LogP contribution in [0.25, 0.3) is 0 Å². The predicted octanol–water partition coefficient (Wildman–Crippen LogP) is 1.09. The summed E-state index contributed by atoms with van der Waals surface area (Å²) in [6.45, 7) is 0.801. The Morgan fingerprint density at radius 3 is 2.20 bits per heavy atom. The van der Waals surface area contributed by atoms with Crippen LogP contribution >= 0.6 is 11.6 Å². The Bertz CT molecular complexity index is 805. The standard InChI is InChI=1S/C20H17ClNO2.BrH/c21-18-8-6-17(7-9-18)20(23)14-22-12-10-19(11-13-22)24-15-16-4-2-1-3-5-16;/h1-13H,14-15H2;1H/q+1;/p-1. The van der Waals surface area contributed by atoms with Crippen LogP contribution in [0, 0.1) is 0 Å². The molecule has 0 bridgehead atoms. The molecule has 25 heavy (non-hydrogen) atoms. The van der Waals surface area contributed by atoms with Crippen LogP contribution in [0.2, 0.25) is 5.02 Å². The van der Waals surface area contributed by atoms with Crippen LogP contribution in [0.3, 0.4) is 0 Å². The quantitative estimate of drug-likeness (QED) is 0.443. The minimum atomic E-state index is 0. The van der Waals surface area contributed by atoms with Crippen LogP contribution in [0.1, 0.15) is 15.9 Å². The Morgan fingerprint density at radius 2 is 1.56 bits per heavy atom. The van der Waals surface area contributed by atoms with Crippen molar-refractivity contribution in [2.75, 3.05) is 0 Å². The Kier molecular flexibility index (Phi) is 7.16. The zero-order chi connectivity index (χ0) is 16.8. The molecule has 3 rings (SSSR count). The largest absolute Gasteiger partial charge is 1.00 e. The smallest absolute Gasteiger partial charge is 0.227 e. The first-order valence-electron chi connectivity index (χ1n) is 7.65. The molecule has 0 aliphatic carbocycles. The summed E-state index contributed by atoms with van der Waals surface area (Å²) in [6.07, 6.45) is 3.68. The van der Waals surface area contributed by atoms with Crippen molar-refractivity contribution in [3.63, 3.8) is 0 Å². The molecule has 5 heteroatoms. The van der Waals surface area contributed by atoms with E-state index in [9.17, 15) is 4.79 Å². The molecule has 0 amide bonds. The molecule has 0 radical (unpaired) electrons. The number of hydrogen-bond acceptors (Lipinski definition) is 2. The van der Waals surface area contributed by atoms with Gasteiger partial charge in [-0.3, -0.25) is 4.79 Å². The predicted molar refractivity (Wildman–Crippen MR) is 93.2 cm³/mol. The molecule has 1 aromatic heterocycles. The number of carbonyl (C=O) groups excluding carboxylic acids is 1. The first-order chi connectivity index (χ1) is 11.7. The van der Waals surface area contributed by atoms with Crippen LogP contribution < -0.4 is 26.3 Å². The van der Waals surface area contributed by atoms with Gasteiger partial charge in [0.2, 0.25) is 12.3 Å². The van der Waals surface area contributed by atoms with Gasteiger partial charge in [0, 0.05) is 22.7 Å². The van der Waals surface area contributed by atoms with Gasteiger partial charge in [-0.15, -0.1) is 0 Å². The van der Waals surface area contributed by atoms with Crippen molar-refractivity contribution in [3.8, 4) is 5.75 Å². The molecule has 0 aliphatic rings. The number of pyridine rings is 1. The Balaban J connectivity index is 0.00000225. The molecular weight excluding hydrogens is 402 g/mol. The van der Waals surface area contributed by atoms with Gasteiger partial charge in [0.25, 0.3) is 0 Å². The molecule has 2 aromatic carbocycles. The summed E-state index contributed by atoms with van der Waals surface area (Å²) >= 11 is 5.84. The second-order valence-electron chi connectivity index (χ2n) is 5.41. The van der Waals surface area contributed by atoms with Crippen LogP contribution in [0.4, 0.5) is 0 Å². The van der Waals surface area contributed by atoms with Crippen LogP contribution in [0.5, 0.6) is 5.75 Å². The van der Waals surface area contributed by atoms with Crippen molar-refractivity contribution in [1.82, 2.24) is 0 Å². The second-order valence-corrected chi connectivity index (χ2v) is 5.85. The molecule has 3 nitrogen and oxygen atoms in total. The summed E-state index contributed by atoms with van der Waals surface area (Å²) in [4.78, 5) is 12.2. The summed E-state index contributed by atoms with van der Waals surface area (Å²) in [5, 5.41) is 0.624. The Labute approximate surface area is 162 Å². The fourth-order valence-electron chi connectivity index (χ4n) is 2.28. The number of ether oxygens (including phenoxy) is 1. The zero-order valence-corrected chi connectivity index (χ0v) is 15.8. The third kappa shape index (κ3) is 5.69. The molecule has 3 aromatic rings. The molecule has 0 atom stereocenters. The number of rotatable bonds is 6. The first-order valence-corrected chi connectivity index (χ1v) is 8.03. The highest BCUT2D eigenvalue weighted by molar-refractivity contribution is 6.30. The number of ketones is 1. The summed E-state index contributed by atoms with van der Waals surface area (Å²) in [6, 6.07) is 20.6. The number of hydrogen-bond donors (Lipinski definition) is 0. The highest BCUT2D eigenvalue weighted by Gasteiger charge is 2.12. The molecule has 0 saturated heterocycles. The molecule has 0 fully saturated rings. The van der Waals surface area contributed by atoms with Crippen LogP contribution in [0.15, 0.2) is 79.1 Å². The summed E-state index contributed by atoms with van der Waals surface area (Å²) in [7, 11) is 0. The lowest BCUT2D eigenvalue weighted by molar-refractivity contribution is -0.683. The monoisotopic (exact) mass is 417 g/mol. The first kappa shape index (κ1) is 19.2. The van der Waals surface area contributed by atoms with Gasteiger partial charge in [0.1, 0.15) is 12.4 Å². The van der Waals surface area contributed by atoms with Gasteiger partial charge in [0.05, 0.1) is 0 Å². The van der Waals surface area contributed by atoms with Crippen molar-refractivity contribution in [1.29, 1.82) is 0 Å². The second kappa shape index (κ2) is 9.35. The summed E-state index contributed by atoms with van der Waals surface area (Å²) in [5.41, 5.74) is 1.77. The fraction of sp³-hybridized carbons (Fsp3) is 0.100. The van der Waals surface area contributed by atoms with Gasteiger partial charge in [-0.2, -0.15) is 4.57 Å². The molecule has 0 saturated carbocycles. The maximum absolute atomic E-state index is 12.2. The average Bonchev–Trinajstić information content (AvgIpc) is 2.62. The van der Waals surface area contributed by atoms with Gasteiger partial charge in [-0.25, -0.2) is 0 Å². The summed E-state index contributed by atoms with van der Waals surface area (Å²) in [5.74, 6) is 0.809. The number of carbonyl (C=O) groups is 1. The zero-order valence-electron chi connectivity index (χ0n) is 13.4. The maximum Gasteiger partial charge on any atom is 0.227 e. The van der Waals surface area contributed by atoms with Crippen LogP contribution in [-0.2, 0) is 13.2 Å². The van der Waals surface area contributed by atoms with Crippen molar-refractivity contribution in [2.45, 2.75) is 13.2 Å². The van der Waals surface area contributed by atoms with Gasteiger partial charge in [-0.1, -0.05) is 41.9 Å². The van der Waals surface area contributed by atoms with E-state index in [0.717, 1.165) is 11.3 Å². The SMILES string of the molecule is O=C(C[n+]1ccc(OCc2ccccc2)cc1)c1ccc(Cl)cc1.[Br-]. The fourth-order valence-corrected chi connectivity index (χ4v) is 2.41. The van der Waals surface area contributed by atoms with E-state index < -0.39 is 0 Å². The molecular formula is C20H17BrClNO2. The van der Waals surface area contributed by atoms with E-state index in [-0.39, 0.29) is 29.3 Å². The molecule has 0 aliphatic heterocycles. The Morgan fingerprint density at radius 1 is 0.920 bits per heavy atom. The average molecular weight is 419 g/mol. The van der Waals surface area contributed by atoms with Crippen molar-refractivity contribution in [2.24, 2.45) is 0 Å². The topological polar surface area (TPSA) is 30.2 Å². The number of aromatic nitrogens is 1. The third-order valence-corrected chi connectivity index (χ3v) is 3.85. The number of nitrogens with zero attached hydrogens (tertiary/aromatic N) is 1. The van der Waals surface area contributed by atoms with E-state index in [1.54, 1.807) is 24.3 Å². The van der Waals surface area contributed by atoms with E-state index in [1.807, 2.05) is 59.4 Å². The minimum absolute atomic E-state index is 0. The minimum Gasteiger partial charge on any atom is -1.00 e. The molecule has 0 N–H and O–H groups in total. The molecule has 0 spiro atoms. The normalized spacial score (nSPS) is 9.96. The summed E-state index contributed by atoms with van der Waals surface area (Å²) < 4.78 is 7.56. The number of benzene rings is 2. The molecule has 128 valence electrons. The molecule has 1 heterocycles. The van der Waals surface area contributed by atoms with Crippen molar-refractivity contribution < 1.29 is 31.1 Å². The molecule has 0 unspecified atom stereocenters. The number of Topliss-reactive ketones (excluding diaryl/α,β-unsaturated/α-hetero) is 1. The van der Waals surface area contributed by atoms with E-state index in [0.29, 0.717) is 17.2 Å². The van der Waals surface area contributed by atoms with E-state index in [2.05, 4.69) is 0 Å². The van der Waals surface area contributed by atoms with Crippen molar-refractivity contribution in [3.05, 3.63) is 95.3 Å². The lowest BCUT2D eigenvalue weighted by Crippen LogP contribution is -3.00. The lowest BCUT2D eigenvalue weighted by Gasteiger charge is -2.05. The Hall–Kier alpha value is -2.17. The van der Waals surface area contributed by atoms with Gasteiger partial charge >= 0.3 is 0 Å². The van der Waals surface area contributed by atoms with Crippen LogP contribution in [-0.4, -0.2) is 5.78 Å². The van der Waals surface area contributed by atoms with Gasteiger partial charge in [-0.05, 0) is 29.8 Å². The van der Waals surface area contributed by atoms with Gasteiger partial charge in [0.15, 0.2) is 12.4 Å². The lowest BCUT2D eigenvalue weighted by atomic mass is 10.1. The van der Waals surface area contributed by atoms with Gasteiger partial charge < -0.3 is 21.7 Å². The van der Waals surface area contributed by atoms with E-state index >= 15 is 0 Å². The number of halogens is 2. The third-order valence-electron chi connectivity index (χ3n) is 3.60. The highest BCUT2D eigenvalue weighted by Crippen LogP contribution is 2.11. The maximum atomic E-state index is 12.2. The van der Waals surface area contributed by atoms with E-state index in [1.165, 1.54) is 0 Å². The van der Waals surface area contributed by atoms with E-state index in [4.69, 9.17) is 16.3 Å². The van der Waals surface area contributed by atoms with Crippen molar-refractivity contribution >= 4 is 17.4 Å². The highest BCUT2D eigenvalue weighted by atomic mass is 79.9.